The quantitative estimate of drug-likeness (QED) is 0.754. The molecule has 1 aliphatic rings. The summed E-state index contributed by atoms with van der Waals surface area (Å²) in [7, 11) is -3.51. The van der Waals surface area contributed by atoms with Crippen molar-refractivity contribution < 1.29 is 17.9 Å². The van der Waals surface area contributed by atoms with Crippen LogP contribution in [0.25, 0.3) is 0 Å². The maximum Gasteiger partial charge on any atom is 0.407 e. The molecule has 0 radical (unpaired) electrons. The van der Waals surface area contributed by atoms with Crippen LogP contribution >= 0.6 is 23.2 Å². The number of alkyl carbamates (subject to hydrolysis) is 1. The number of rotatable bonds is 5. The highest BCUT2D eigenvalue weighted by Crippen LogP contribution is 2.26. The number of hydrogen-bond acceptors (Lipinski definition) is 4. The molecule has 6 nitrogen and oxygen atoms in total. The number of piperidine rings is 1. The number of nitrogens with one attached hydrogen (secondary N) is 1. The van der Waals surface area contributed by atoms with Gasteiger partial charge in [-0.1, -0.05) is 29.3 Å². The molecule has 0 saturated carbocycles. The number of benzene rings is 1. The lowest BCUT2D eigenvalue weighted by Crippen LogP contribution is -2.44. The van der Waals surface area contributed by atoms with E-state index in [1.807, 2.05) is 0 Å². The summed E-state index contributed by atoms with van der Waals surface area (Å²) in [6.07, 6.45) is 1.10. The summed E-state index contributed by atoms with van der Waals surface area (Å²) in [6, 6.07) is 4.80. The van der Waals surface area contributed by atoms with Gasteiger partial charge in [0.1, 0.15) is 5.60 Å². The number of nitrogens with zero attached hydrogens (tertiary/aromatic N) is 1. The Morgan fingerprint density at radius 3 is 2.67 bits per heavy atom. The number of carbonyl (C=O) groups is 1. The normalized spacial score (nSPS) is 18.9. The van der Waals surface area contributed by atoms with Crippen molar-refractivity contribution in [2.45, 2.75) is 45.0 Å². The summed E-state index contributed by atoms with van der Waals surface area (Å²) < 4.78 is 32.3. The van der Waals surface area contributed by atoms with Crippen LogP contribution in [0.3, 0.4) is 0 Å². The van der Waals surface area contributed by atoms with Gasteiger partial charge in [-0.05, 0) is 57.2 Å². The predicted molar refractivity (Wildman–Crippen MR) is 108 cm³/mol. The molecule has 2 rings (SSSR count). The third kappa shape index (κ3) is 7.14. The average molecular weight is 437 g/mol. The van der Waals surface area contributed by atoms with Crippen molar-refractivity contribution in [1.29, 1.82) is 0 Å². The van der Waals surface area contributed by atoms with E-state index < -0.39 is 21.7 Å². The first kappa shape index (κ1) is 22.3. The van der Waals surface area contributed by atoms with E-state index in [9.17, 15) is 13.2 Å². The molecule has 1 amide bonds. The van der Waals surface area contributed by atoms with Gasteiger partial charge in [-0.2, -0.15) is 0 Å². The third-order valence-corrected chi connectivity index (χ3v) is 6.54. The van der Waals surface area contributed by atoms with Crippen molar-refractivity contribution >= 4 is 39.3 Å². The lowest BCUT2D eigenvalue weighted by atomic mass is 10.00. The number of sulfonamides is 1. The fourth-order valence-electron chi connectivity index (χ4n) is 2.91. The first-order valence-electron chi connectivity index (χ1n) is 8.85. The smallest absolute Gasteiger partial charge is 0.407 e. The highest BCUT2D eigenvalue weighted by molar-refractivity contribution is 7.88. The van der Waals surface area contributed by atoms with Gasteiger partial charge in [-0.15, -0.1) is 0 Å². The summed E-state index contributed by atoms with van der Waals surface area (Å²) in [5.41, 5.74) is -0.0424. The highest BCUT2D eigenvalue weighted by Gasteiger charge is 2.30. The molecule has 1 heterocycles. The molecular weight excluding hydrogens is 411 g/mol. The molecule has 0 spiro atoms. The number of ether oxygens (including phenoxy) is 1. The van der Waals surface area contributed by atoms with Gasteiger partial charge in [0, 0.05) is 29.7 Å². The summed E-state index contributed by atoms with van der Waals surface area (Å²) >= 11 is 12.0. The predicted octanol–water partition coefficient (Wildman–Crippen LogP) is 4.06. The SMILES string of the molecule is CC(C)(C)OC(=O)NC[C@H]1CCCN(S(=O)(=O)Cc2ccc(Cl)cc2Cl)C1. The monoisotopic (exact) mass is 436 g/mol. The Balaban J connectivity index is 1.95. The van der Waals surface area contributed by atoms with Crippen molar-refractivity contribution in [1.82, 2.24) is 9.62 Å². The van der Waals surface area contributed by atoms with E-state index >= 15 is 0 Å². The first-order chi connectivity index (χ1) is 12.5. The summed E-state index contributed by atoms with van der Waals surface area (Å²) in [6.45, 7) is 6.60. The molecule has 9 heteroatoms. The molecule has 152 valence electrons. The van der Waals surface area contributed by atoms with Gasteiger partial charge >= 0.3 is 6.09 Å². The van der Waals surface area contributed by atoms with Gasteiger partial charge in [0.2, 0.25) is 10.0 Å². The average Bonchev–Trinajstić information content (AvgIpc) is 2.54. The molecule has 0 bridgehead atoms. The van der Waals surface area contributed by atoms with E-state index in [2.05, 4.69) is 5.32 Å². The maximum atomic E-state index is 12.8. The molecule has 1 aromatic carbocycles. The van der Waals surface area contributed by atoms with Gasteiger partial charge in [0.25, 0.3) is 0 Å². The second-order valence-corrected chi connectivity index (χ2v) is 10.6. The van der Waals surface area contributed by atoms with Crippen molar-refractivity contribution in [2.75, 3.05) is 19.6 Å². The summed E-state index contributed by atoms with van der Waals surface area (Å²) in [5, 5.41) is 3.53. The Morgan fingerprint density at radius 2 is 2.04 bits per heavy atom. The second-order valence-electron chi connectivity index (χ2n) is 7.74. The molecule has 1 N–H and O–H groups in total. The van der Waals surface area contributed by atoms with E-state index in [1.54, 1.807) is 32.9 Å². The molecule has 1 aromatic rings. The van der Waals surface area contributed by atoms with Crippen LogP contribution < -0.4 is 5.32 Å². The zero-order valence-corrected chi connectivity index (χ0v) is 18.1. The summed E-state index contributed by atoms with van der Waals surface area (Å²) in [4.78, 5) is 11.8. The van der Waals surface area contributed by atoms with Gasteiger partial charge in [-0.3, -0.25) is 0 Å². The highest BCUT2D eigenvalue weighted by atomic mass is 35.5. The lowest BCUT2D eigenvalue weighted by molar-refractivity contribution is 0.0513. The van der Waals surface area contributed by atoms with Crippen LogP contribution in [0.4, 0.5) is 4.79 Å². The topological polar surface area (TPSA) is 75.7 Å². The van der Waals surface area contributed by atoms with E-state index in [0.29, 0.717) is 35.2 Å². The fourth-order valence-corrected chi connectivity index (χ4v) is 5.14. The number of hydrogen-bond donors (Lipinski definition) is 1. The Bertz CT molecular complexity index is 778. The van der Waals surface area contributed by atoms with Gasteiger partial charge in [-0.25, -0.2) is 17.5 Å². The van der Waals surface area contributed by atoms with Crippen molar-refractivity contribution in [3.05, 3.63) is 33.8 Å². The van der Waals surface area contributed by atoms with Gasteiger partial charge < -0.3 is 10.1 Å². The standard InChI is InChI=1S/C18H26Cl2N2O4S/c1-18(2,3)26-17(23)21-10-13-5-4-8-22(11-13)27(24,25)12-14-6-7-15(19)9-16(14)20/h6-7,9,13H,4-5,8,10-12H2,1-3H3,(H,21,23)/t13-/m1/s1. The van der Waals surface area contributed by atoms with Gasteiger partial charge in [0.05, 0.1) is 5.75 Å². The van der Waals surface area contributed by atoms with Crippen LogP contribution in [0.1, 0.15) is 39.2 Å². The van der Waals surface area contributed by atoms with Crippen molar-refractivity contribution in [3.8, 4) is 0 Å². The molecular formula is C18H26Cl2N2O4S. The lowest BCUT2D eigenvalue weighted by Gasteiger charge is -2.32. The van der Waals surface area contributed by atoms with E-state index in [1.165, 1.54) is 10.4 Å². The molecule has 1 aliphatic heterocycles. The minimum absolute atomic E-state index is 0.0433. The zero-order valence-electron chi connectivity index (χ0n) is 15.8. The van der Waals surface area contributed by atoms with E-state index in [-0.39, 0.29) is 11.7 Å². The number of amides is 1. The Kier molecular flexibility index (Phi) is 7.41. The van der Waals surface area contributed by atoms with E-state index in [4.69, 9.17) is 27.9 Å². The second kappa shape index (κ2) is 8.99. The van der Waals surface area contributed by atoms with Crippen LogP contribution in [0.2, 0.25) is 10.0 Å². The Hall–Kier alpha value is -1.02. The maximum absolute atomic E-state index is 12.8. The number of halogens is 2. The molecule has 27 heavy (non-hydrogen) atoms. The van der Waals surface area contributed by atoms with Crippen LogP contribution in [-0.4, -0.2) is 44.1 Å². The van der Waals surface area contributed by atoms with Crippen LogP contribution in [0.5, 0.6) is 0 Å². The molecule has 1 saturated heterocycles. The van der Waals surface area contributed by atoms with Crippen LogP contribution in [-0.2, 0) is 20.5 Å². The zero-order chi connectivity index (χ0) is 20.2. The number of carbonyl (C=O) groups excluding carboxylic acids is 1. The largest absolute Gasteiger partial charge is 0.444 e. The van der Waals surface area contributed by atoms with Crippen LogP contribution in [0.15, 0.2) is 18.2 Å². The first-order valence-corrected chi connectivity index (χ1v) is 11.2. The Labute approximate surface area is 171 Å². The van der Waals surface area contributed by atoms with Crippen LogP contribution in [0, 0.1) is 5.92 Å². The van der Waals surface area contributed by atoms with E-state index in [0.717, 1.165) is 12.8 Å². The molecule has 0 aromatic heterocycles. The van der Waals surface area contributed by atoms with Crippen molar-refractivity contribution in [2.24, 2.45) is 5.92 Å². The molecule has 0 unspecified atom stereocenters. The fraction of sp³-hybridized carbons (Fsp3) is 0.611. The Morgan fingerprint density at radius 1 is 1.33 bits per heavy atom. The van der Waals surface area contributed by atoms with Crippen molar-refractivity contribution in [3.63, 3.8) is 0 Å². The van der Waals surface area contributed by atoms with Gasteiger partial charge in [0.15, 0.2) is 0 Å². The molecule has 0 aliphatic carbocycles. The minimum atomic E-state index is -3.51. The third-order valence-electron chi connectivity index (χ3n) is 4.16. The molecule has 1 fully saturated rings. The summed E-state index contributed by atoms with van der Waals surface area (Å²) in [5.74, 6) is -0.128. The minimum Gasteiger partial charge on any atom is -0.444 e. The molecule has 1 atom stereocenters.